The van der Waals surface area contributed by atoms with E-state index in [-0.39, 0.29) is 35.6 Å². The van der Waals surface area contributed by atoms with Crippen LogP contribution in [-0.2, 0) is 14.4 Å². The van der Waals surface area contributed by atoms with Gasteiger partial charge in [0.15, 0.2) is 0 Å². The summed E-state index contributed by atoms with van der Waals surface area (Å²) in [6.07, 6.45) is 1.13. The molecule has 2 fully saturated rings. The van der Waals surface area contributed by atoms with Gasteiger partial charge in [-0.1, -0.05) is 13.8 Å². The molecule has 0 saturated carbocycles. The number of hydrogen-bond acceptors (Lipinski definition) is 3. The van der Waals surface area contributed by atoms with Gasteiger partial charge in [-0.2, -0.15) is 0 Å². The third-order valence-corrected chi connectivity index (χ3v) is 4.74. The SMILES string of the molecule is CC(C)C(=O)N1CCCN(C(=O)C2CC(=O)N(C(C)C)C2)CC1. The van der Waals surface area contributed by atoms with Crippen LogP contribution in [0.3, 0.4) is 0 Å². The fourth-order valence-electron chi connectivity index (χ4n) is 3.38. The van der Waals surface area contributed by atoms with Gasteiger partial charge in [-0.3, -0.25) is 14.4 Å². The van der Waals surface area contributed by atoms with Crippen LogP contribution in [-0.4, -0.2) is 71.2 Å². The van der Waals surface area contributed by atoms with E-state index in [2.05, 4.69) is 0 Å². The molecular formula is C17H29N3O3. The van der Waals surface area contributed by atoms with E-state index >= 15 is 0 Å². The highest BCUT2D eigenvalue weighted by Crippen LogP contribution is 2.23. The van der Waals surface area contributed by atoms with Crippen LogP contribution in [0.2, 0.25) is 0 Å². The molecule has 2 rings (SSSR count). The van der Waals surface area contributed by atoms with Gasteiger partial charge < -0.3 is 14.7 Å². The molecule has 2 aliphatic rings. The summed E-state index contributed by atoms with van der Waals surface area (Å²) < 4.78 is 0. The lowest BCUT2D eigenvalue weighted by molar-refractivity contribution is -0.137. The number of carbonyl (C=O) groups is 3. The fraction of sp³-hybridized carbons (Fsp3) is 0.824. The molecule has 2 saturated heterocycles. The van der Waals surface area contributed by atoms with Crippen LogP contribution in [0.25, 0.3) is 0 Å². The maximum absolute atomic E-state index is 12.7. The largest absolute Gasteiger partial charge is 0.341 e. The average Bonchev–Trinajstić information content (AvgIpc) is 2.73. The number of rotatable bonds is 3. The van der Waals surface area contributed by atoms with Crippen molar-refractivity contribution in [3.8, 4) is 0 Å². The highest BCUT2D eigenvalue weighted by atomic mass is 16.2. The van der Waals surface area contributed by atoms with Crippen molar-refractivity contribution < 1.29 is 14.4 Å². The molecule has 0 aromatic rings. The smallest absolute Gasteiger partial charge is 0.228 e. The number of carbonyl (C=O) groups excluding carboxylic acids is 3. The molecule has 130 valence electrons. The minimum absolute atomic E-state index is 0.00990. The van der Waals surface area contributed by atoms with Gasteiger partial charge in [0.2, 0.25) is 17.7 Å². The van der Waals surface area contributed by atoms with E-state index < -0.39 is 0 Å². The lowest BCUT2D eigenvalue weighted by Crippen LogP contribution is -2.41. The van der Waals surface area contributed by atoms with Gasteiger partial charge in [0.05, 0.1) is 5.92 Å². The predicted molar refractivity (Wildman–Crippen MR) is 87.6 cm³/mol. The summed E-state index contributed by atoms with van der Waals surface area (Å²) in [6, 6.07) is 0.142. The van der Waals surface area contributed by atoms with E-state index in [9.17, 15) is 14.4 Å². The normalized spacial score (nSPS) is 23.0. The topological polar surface area (TPSA) is 60.9 Å². The van der Waals surface area contributed by atoms with E-state index in [0.717, 1.165) is 6.42 Å². The zero-order valence-corrected chi connectivity index (χ0v) is 14.7. The molecule has 2 aliphatic heterocycles. The Balaban J connectivity index is 1.94. The van der Waals surface area contributed by atoms with Crippen molar-refractivity contribution in [2.75, 3.05) is 32.7 Å². The Hall–Kier alpha value is -1.59. The van der Waals surface area contributed by atoms with Gasteiger partial charge in [-0.05, 0) is 20.3 Å². The van der Waals surface area contributed by atoms with Crippen molar-refractivity contribution in [1.29, 1.82) is 0 Å². The molecule has 0 bridgehead atoms. The Labute approximate surface area is 138 Å². The highest BCUT2D eigenvalue weighted by Gasteiger charge is 2.37. The summed E-state index contributed by atoms with van der Waals surface area (Å²) in [5.74, 6) is 0.0630. The minimum atomic E-state index is -0.225. The fourth-order valence-corrected chi connectivity index (χ4v) is 3.38. The van der Waals surface area contributed by atoms with E-state index in [1.807, 2.05) is 37.5 Å². The molecule has 6 nitrogen and oxygen atoms in total. The van der Waals surface area contributed by atoms with E-state index in [4.69, 9.17) is 0 Å². The zero-order valence-electron chi connectivity index (χ0n) is 14.7. The summed E-state index contributed by atoms with van der Waals surface area (Å²) in [4.78, 5) is 42.3. The first-order valence-electron chi connectivity index (χ1n) is 8.68. The molecule has 0 aliphatic carbocycles. The van der Waals surface area contributed by atoms with Crippen molar-refractivity contribution in [3.63, 3.8) is 0 Å². The second-order valence-corrected chi connectivity index (χ2v) is 7.20. The monoisotopic (exact) mass is 323 g/mol. The Bertz CT molecular complexity index is 476. The summed E-state index contributed by atoms with van der Waals surface area (Å²) >= 11 is 0. The van der Waals surface area contributed by atoms with Gasteiger partial charge in [-0.25, -0.2) is 0 Å². The maximum Gasteiger partial charge on any atom is 0.228 e. The molecule has 6 heteroatoms. The zero-order chi connectivity index (χ0) is 17.1. The second-order valence-electron chi connectivity index (χ2n) is 7.20. The van der Waals surface area contributed by atoms with E-state index in [1.165, 1.54) is 0 Å². The molecule has 0 radical (unpaired) electrons. The first kappa shape index (κ1) is 17.8. The third-order valence-electron chi connectivity index (χ3n) is 4.74. The first-order valence-corrected chi connectivity index (χ1v) is 8.68. The molecule has 0 aromatic carbocycles. The van der Waals surface area contributed by atoms with Gasteiger partial charge in [0, 0.05) is 51.1 Å². The van der Waals surface area contributed by atoms with Crippen molar-refractivity contribution in [2.45, 2.75) is 46.6 Å². The van der Waals surface area contributed by atoms with E-state index in [0.29, 0.717) is 39.1 Å². The van der Waals surface area contributed by atoms with Crippen molar-refractivity contribution in [3.05, 3.63) is 0 Å². The van der Waals surface area contributed by atoms with E-state index in [1.54, 1.807) is 4.90 Å². The molecular weight excluding hydrogens is 294 g/mol. The Morgan fingerprint density at radius 2 is 1.61 bits per heavy atom. The quantitative estimate of drug-likeness (QED) is 0.777. The standard InChI is InChI=1S/C17H29N3O3/c1-12(2)16(22)18-6-5-7-19(9-8-18)17(23)14-10-15(21)20(11-14)13(3)4/h12-14H,5-11H2,1-4H3. The third kappa shape index (κ3) is 4.03. The maximum atomic E-state index is 12.7. The average molecular weight is 323 g/mol. The van der Waals surface area contributed by atoms with Crippen LogP contribution in [0.1, 0.15) is 40.5 Å². The summed E-state index contributed by atoms with van der Waals surface area (Å²) in [7, 11) is 0. The van der Waals surface area contributed by atoms with Crippen LogP contribution in [0.5, 0.6) is 0 Å². The van der Waals surface area contributed by atoms with Gasteiger partial charge in [-0.15, -0.1) is 0 Å². The van der Waals surface area contributed by atoms with Crippen molar-refractivity contribution in [2.24, 2.45) is 11.8 Å². The molecule has 0 aromatic heterocycles. The Morgan fingerprint density at radius 1 is 1.00 bits per heavy atom. The molecule has 2 heterocycles. The minimum Gasteiger partial charge on any atom is -0.341 e. The summed E-state index contributed by atoms with van der Waals surface area (Å²) in [6.45, 7) is 10.8. The number of hydrogen-bond donors (Lipinski definition) is 0. The van der Waals surface area contributed by atoms with Crippen LogP contribution in [0, 0.1) is 11.8 Å². The molecule has 0 spiro atoms. The Kier molecular flexibility index (Phi) is 5.65. The number of nitrogens with zero attached hydrogens (tertiary/aromatic N) is 3. The number of likely N-dealkylation sites (tertiary alicyclic amines) is 1. The highest BCUT2D eigenvalue weighted by molar-refractivity contribution is 5.89. The molecule has 23 heavy (non-hydrogen) atoms. The lowest BCUT2D eigenvalue weighted by atomic mass is 10.1. The molecule has 3 amide bonds. The van der Waals surface area contributed by atoms with Crippen LogP contribution in [0.4, 0.5) is 0 Å². The predicted octanol–water partition coefficient (Wildman–Crippen LogP) is 0.960. The van der Waals surface area contributed by atoms with Crippen molar-refractivity contribution >= 4 is 17.7 Å². The lowest BCUT2D eigenvalue weighted by Gasteiger charge is -2.26. The number of amides is 3. The molecule has 1 atom stereocenters. The first-order chi connectivity index (χ1) is 10.8. The molecule has 1 unspecified atom stereocenters. The Morgan fingerprint density at radius 3 is 2.17 bits per heavy atom. The van der Waals surface area contributed by atoms with Crippen LogP contribution < -0.4 is 0 Å². The molecule has 0 N–H and O–H groups in total. The second kappa shape index (κ2) is 7.32. The van der Waals surface area contributed by atoms with Gasteiger partial charge in [0.1, 0.15) is 0 Å². The van der Waals surface area contributed by atoms with Gasteiger partial charge >= 0.3 is 0 Å². The van der Waals surface area contributed by atoms with Gasteiger partial charge in [0.25, 0.3) is 0 Å². The van der Waals surface area contributed by atoms with Crippen LogP contribution >= 0.6 is 0 Å². The van der Waals surface area contributed by atoms with Crippen molar-refractivity contribution in [1.82, 2.24) is 14.7 Å². The van der Waals surface area contributed by atoms with Crippen LogP contribution in [0.15, 0.2) is 0 Å². The summed E-state index contributed by atoms with van der Waals surface area (Å²) in [5.41, 5.74) is 0. The summed E-state index contributed by atoms with van der Waals surface area (Å²) in [5, 5.41) is 0.